The van der Waals surface area contributed by atoms with Crippen LogP contribution in [0.3, 0.4) is 0 Å². The van der Waals surface area contributed by atoms with Crippen LogP contribution < -0.4 is 15.2 Å². The average Bonchev–Trinajstić information content (AvgIpc) is 3.62. The average molecular weight is 545 g/mol. The molecule has 0 amide bonds. The molecule has 10 nitrogen and oxygen atoms in total. The fourth-order valence-corrected chi connectivity index (χ4v) is 6.16. The van der Waals surface area contributed by atoms with Crippen molar-refractivity contribution in [1.82, 2.24) is 35.1 Å². The second-order valence-electron chi connectivity index (χ2n) is 10.5. The van der Waals surface area contributed by atoms with Crippen molar-refractivity contribution in [1.29, 1.82) is 0 Å². The highest BCUT2D eigenvalue weighted by molar-refractivity contribution is 7.22. The maximum atomic E-state index is 13.6. The summed E-state index contributed by atoms with van der Waals surface area (Å²) < 4.78 is 8.51. The zero-order valence-electron chi connectivity index (χ0n) is 22.6. The van der Waals surface area contributed by atoms with Crippen LogP contribution in [0.15, 0.2) is 53.3 Å². The first-order valence-electron chi connectivity index (χ1n) is 13.2. The van der Waals surface area contributed by atoms with E-state index >= 15 is 0 Å². The maximum absolute atomic E-state index is 13.6. The molecule has 1 aliphatic heterocycles. The number of thiazole rings is 1. The highest BCUT2D eigenvalue weighted by Crippen LogP contribution is 2.34. The number of ether oxygens (including phenoxy) is 1. The summed E-state index contributed by atoms with van der Waals surface area (Å²) in [5.41, 5.74) is 1.95. The summed E-state index contributed by atoms with van der Waals surface area (Å²) in [6.07, 6.45) is 0.842. The van der Waals surface area contributed by atoms with Crippen LogP contribution in [0.1, 0.15) is 44.6 Å². The van der Waals surface area contributed by atoms with Crippen LogP contribution in [0.4, 0.5) is 5.13 Å². The number of methoxy groups -OCH3 is 1. The number of hydrogen-bond acceptors (Lipinski definition) is 9. The molecular weight excluding hydrogens is 512 g/mol. The Hall–Kier alpha value is -3.83. The molecule has 0 spiro atoms. The Morgan fingerprint density at radius 3 is 2.64 bits per heavy atom. The van der Waals surface area contributed by atoms with E-state index in [1.165, 1.54) is 4.70 Å². The number of nitrogens with zero attached hydrogens (tertiary/aromatic N) is 7. The summed E-state index contributed by atoms with van der Waals surface area (Å²) in [7, 11) is 1.64. The van der Waals surface area contributed by atoms with Crippen molar-refractivity contribution in [2.24, 2.45) is 0 Å². The number of anilines is 1. The molecule has 39 heavy (non-hydrogen) atoms. The molecule has 0 bridgehead atoms. The molecular formula is C28H32N8O2S. The molecule has 1 saturated heterocycles. The fourth-order valence-electron chi connectivity index (χ4n) is 5.14. The third-order valence-electron chi connectivity index (χ3n) is 7.78. The molecule has 1 N–H and O–H groups in total. The molecule has 6 rings (SSSR count). The van der Waals surface area contributed by atoms with E-state index in [9.17, 15) is 4.79 Å². The molecule has 202 valence electrons. The number of hydrogen-bond donors (Lipinski definition) is 1. The Kier molecular flexibility index (Phi) is 6.56. The maximum Gasteiger partial charge on any atom is 0.253 e. The SMILES string of the molecule is CCC(C)(C)n1nnnc1C(c1cc2cc(OC)ccc2[nH]c1=O)N1CCN(c2nc3ccccc3s2)CC1. The van der Waals surface area contributed by atoms with E-state index in [-0.39, 0.29) is 11.1 Å². The Bertz CT molecular complexity index is 1650. The normalized spacial score (nSPS) is 15.7. The lowest BCUT2D eigenvalue weighted by Gasteiger charge is -2.39. The van der Waals surface area contributed by atoms with E-state index in [4.69, 9.17) is 9.72 Å². The summed E-state index contributed by atoms with van der Waals surface area (Å²) in [5.74, 6) is 1.40. The Morgan fingerprint density at radius 2 is 1.90 bits per heavy atom. The van der Waals surface area contributed by atoms with Gasteiger partial charge >= 0.3 is 0 Å². The quantitative estimate of drug-likeness (QED) is 0.325. The number of nitrogens with one attached hydrogen (secondary N) is 1. The molecule has 0 saturated carbocycles. The van der Waals surface area contributed by atoms with Gasteiger partial charge in [-0.2, -0.15) is 0 Å². The molecule has 1 aliphatic rings. The summed E-state index contributed by atoms with van der Waals surface area (Å²) >= 11 is 1.72. The lowest BCUT2D eigenvalue weighted by Crippen LogP contribution is -2.49. The van der Waals surface area contributed by atoms with Gasteiger partial charge in [-0.1, -0.05) is 30.4 Å². The van der Waals surface area contributed by atoms with E-state index in [1.54, 1.807) is 18.4 Å². The molecule has 5 aromatic rings. The predicted octanol–water partition coefficient (Wildman–Crippen LogP) is 4.19. The van der Waals surface area contributed by atoms with Gasteiger partial charge in [0, 0.05) is 42.6 Å². The van der Waals surface area contributed by atoms with Crippen molar-refractivity contribution in [3.63, 3.8) is 0 Å². The predicted molar refractivity (Wildman–Crippen MR) is 154 cm³/mol. The van der Waals surface area contributed by atoms with Crippen LogP contribution in [-0.2, 0) is 5.54 Å². The molecule has 1 fully saturated rings. The molecule has 0 radical (unpaired) electrons. The molecule has 1 unspecified atom stereocenters. The third kappa shape index (κ3) is 4.65. The molecule has 4 heterocycles. The number of pyridine rings is 1. The third-order valence-corrected chi connectivity index (χ3v) is 8.88. The van der Waals surface area contributed by atoms with E-state index in [1.807, 2.05) is 41.1 Å². The number of aromatic nitrogens is 6. The standard InChI is InChI=1S/C28H32N8O2S/c1-5-28(2,3)36-25(31-32-33-36)24(20-17-18-16-19(38-4)10-11-21(18)29-26(20)37)34-12-14-35(15-13-34)27-30-22-8-6-7-9-23(22)39-27/h6-11,16-17,24H,5,12-15H2,1-4H3,(H,29,37). The Labute approximate surface area is 230 Å². The van der Waals surface area contributed by atoms with Crippen LogP contribution in [0.5, 0.6) is 5.75 Å². The van der Waals surface area contributed by atoms with Gasteiger partial charge < -0.3 is 14.6 Å². The van der Waals surface area contributed by atoms with E-state index in [0.29, 0.717) is 11.4 Å². The Morgan fingerprint density at radius 1 is 1.10 bits per heavy atom. The van der Waals surface area contributed by atoms with Gasteiger partial charge in [0.05, 0.1) is 22.9 Å². The number of tetrazole rings is 1. The first-order valence-corrected chi connectivity index (χ1v) is 14.0. The number of fused-ring (bicyclic) bond motifs is 2. The van der Waals surface area contributed by atoms with Crippen molar-refractivity contribution in [3.8, 4) is 5.75 Å². The minimum absolute atomic E-state index is 0.143. The van der Waals surface area contributed by atoms with Crippen molar-refractivity contribution in [3.05, 3.63) is 70.3 Å². The van der Waals surface area contributed by atoms with E-state index in [2.05, 4.69) is 63.2 Å². The largest absolute Gasteiger partial charge is 0.497 e. The van der Waals surface area contributed by atoms with Crippen molar-refractivity contribution in [2.75, 3.05) is 38.2 Å². The zero-order valence-corrected chi connectivity index (χ0v) is 23.4. The highest BCUT2D eigenvalue weighted by Gasteiger charge is 2.36. The van der Waals surface area contributed by atoms with Gasteiger partial charge in [-0.25, -0.2) is 9.67 Å². The van der Waals surface area contributed by atoms with Crippen LogP contribution in [0.25, 0.3) is 21.1 Å². The van der Waals surface area contributed by atoms with Crippen LogP contribution in [-0.4, -0.2) is 68.4 Å². The number of para-hydroxylation sites is 1. The first-order chi connectivity index (χ1) is 18.9. The number of rotatable bonds is 7. The van der Waals surface area contributed by atoms with Gasteiger partial charge in [0.1, 0.15) is 11.8 Å². The topological polar surface area (TPSA) is 105 Å². The number of aromatic amines is 1. The number of H-pyrrole nitrogens is 1. The number of piperazine rings is 1. The Balaban J connectivity index is 1.39. The first kappa shape index (κ1) is 25.4. The van der Waals surface area contributed by atoms with Crippen molar-refractivity contribution >= 4 is 37.6 Å². The second-order valence-corrected chi connectivity index (χ2v) is 11.5. The van der Waals surface area contributed by atoms with Crippen molar-refractivity contribution in [2.45, 2.75) is 38.8 Å². The molecule has 2 aromatic carbocycles. The van der Waals surface area contributed by atoms with E-state index < -0.39 is 6.04 Å². The molecule has 11 heteroatoms. The highest BCUT2D eigenvalue weighted by atomic mass is 32.1. The van der Waals surface area contributed by atoms with Crippen LogP contribution in [0, 0.1) is 0 Å². The summed E-state index contributed by atoms with van der Waals surface area (Å²) in [5, 5.41) is 14.9. The van der Waals surface area contributed by atoms with Gasteiger partial charge in [0.2, 0.25) is 0 Å². The minimum Gasteiger partial charge on any atom is -0.497 e. The molecule has 1 atom stereocenters. The minimum atomic E-state index is -0.414. The lowest BCUT2D eigenvalue weighted by atomic mass is 9.99. The lowest BCUT2D eigenvalue weighted by molar-refractivity contribution is 0.186. The van der Waals surface area contributed by atoms with Gasteiger partial charge in [0.15, 0.2) is 11.0 Å². The van der Waals surface area contributed by atoms with Crippen LogP contribution in [0.2, 0.25) is 0 Å². The van der Waals surface area contributed by atoms with Crippen molar-refractivity contribution < 1.29 is 4.74 Å². The van der Waals surface area contributed by atoms with Gasteiger partial charge in [-0.3, -0.25) is 9.69 Å². The smallest absolute Gasteiger partial charge is 0.253 e. The zero-order chi connectivity index (χ0) is 27.1. The van der Waals surface area contributed by atoms with Gasteiger partial charge in [-0.15, -0.1) is 5.10 Å². The monoisotopic (exact) mass is 544 g/mol. The summed E-state index contributed by atoms with van der Waals surface area (Å²) in [4.78, 5) is 26.1. The molecule has 3 aromatic heterocycles. The van der Waals surface area contributed by atoms with Gasteiger partial charge in [0.25, 0.3) is 5.56 Å². The summed E-state index contributed by atoms with van der Waals surface area (Å²) in [6, 6.07) is 15.4. The van der Waals surface area contributed by atoms with Crippen LogP contribution >= 0.6 is 11.3 Å². The second kappa shape index (κ2) is 10.0. The van der Waals surface area contributed by atoms with Gasteiger partial charge in [-0.05, 0) is 67.1 Å². The molecule has 0 aliphatic carbocycles. The fraction of sp³-hybridized carbons (Fsp3) is 0.393. The van der Waals surface area contributed by atoms with E-state index in [0.717, 1.165) is 59.9 Å². The number of benzene rings is 2. The summed E-state index contributed by atoms with van der Waals surface area (Å²) in [6.45, 7) is 9.38.